The Morgan fingerprint density at radius 3 is 2.67 bits per heavy atom. The molecular formula is C12H14ClF3N2. The minimum atomic E-state index is -4.35. The zero-order valence-corrected chi connectivity index (χ0v) is 10.6. The largest absolute Gasteiger partial charge is 0.416 e. The second-order valence-corrected chi connectivity index (χ2v) is 4.87. The number of nitrogens with one attached hydrogen (secondary N) is 1. The van der Waals surface area contributed by atoms with E-state index in [2.05, 4.69) is 5.32 Å². The molecule has 1 atom stereocenters. The molecule has 100 valence electrons. The number of alkyl halides is 3. The zero-order valence-electron chi connectivity index (χ0n) is 9.89. The lowest BCUT2D eigenvalue weighted by Crippen LogP contribution is -2.49. The fourth-order valence-electron chi connectivity index (χ4n) is 2.09. The molecule has 0 aliphatic carbocycles. The highest BCUT2D eigenvalue weighted by molar-refractivity contribution is 6.33. The summed E-state index contributed by atoms with van der Waals surface area (Å²) < 4.78 is 37.6. The number of hydrogen-bond acceptors (Lipinski definition) is 2. The van der Waals surface area contributed by atoms with E-state index in [1.165, 1.54) is 6.07 Å². The van der Waals surface area contributed by atoms with Crippen LogP contribution in [0.15, 0.2) is 18.2 Å². The summed E-state index contributed by atoms with van der Waals surface area (Å²) in [6.07, 6.45) is -4.35. The van der Waals surface area contributed by atoms with E-state index >= 15 is 0 Å². The van der Waals surface area contributed by atoms with E-state index in [0.717, 1.165) is 31.8 Å². The van der Waals surface area contributed by atoms with Crippen LogP contribution in [-0.2, 0) is 6.18 Å². The number of piperazine rings is 1. The van der Waals surface area contributed by atoms with Crippen molar-refractivity contribution in [1.29, 1.82) is 0 Å². The highest BCUT2D eigenvalue weighted by atomic mass is 35.5. The van der Waals surface area contributed by atoms with Crippen LogP contribution in [0.1, 0.15) is 12.5 Å². The first-order valence-electron chi connectivity index (χ1n) is 5.73. The van der Waals surface area contributed by atoms with Crippen LogP contribution in [0, 0.1) is 0 Å². The van der Waals surface area contributed by atoms with Gasteiger partial charge in [-0.05, 0) is 25.1 Å². The second-order valence-electron chi connectivity index (χ2n) is 4.47. The lowest BCUT2D eigenvalue weighted by atomic mass is 10.1. The average molecular weight is 279 g/mol. The highest BCUT2D eigenvalue weighted by Gasteiger charge is 2.31. The normalized spacial score (nSPS) is 21.2. The maximum absolute atomic E-state index is 12.5. The molecule has 1 aromatic carbocycles. The van der Waals surface area contributed by atoms with Crippen molar-refractivity contribution in [2.24, 2.45) is 0 Å². The van der Waals surface area contributed by atoms with Crippen LogP contribution in [0.4, 0.5) is 18.9 Å². The van der Waals surface area contributed by atoms with Crippen molar-refractivity contribution in [3.63, 3.8) is 0 Å². The number of hydrogen-bond donors (Lipinski definition) is 1. The monoisotopic (exact) mass is 278 g/mol. The van der Waals surface area contributed by atoms with Gasteiger partial charge in [0.2, 0.25) is 0 Å². The smallest absolute Gasteiger partial charge is 0.368 e. The van der Waals surface area contributed by atoms with Gasteiger partial charge >= 0.3 is 6.18 Å². The van der Waals surface area contributed by atoms with Crippen LogP contribution in [0.2, 0.25) is 5.02 Å². The molecule has 0 spiro atoms. The van der Waals surface area contributed by atoms with Gasteiger partial charge in [0, 0.05) is 25.7 Å². The molecule has 0 radical (unpaired) electrons. The van der Waals surface area contributed by atoms with Crippen molar-refractivity contribution < 1.29 is 13.2 Å². The molecule has 1 heterocycles. The lowest BCUT2D eigenvalue weighted by Gasteiger charge is -2.34. The van der Waals surface area contributed by atoms with Gasteiger partial charge in [-0.25, -0.2) is 0 Å². The molecule has 1 N–H and O–H groups in total. The van der Waals surface area contributed by atoms with E-state index in [0.29, 0.717) is 11.7 Å². The number of rotatable bonds is 1. The highest BCUT2D eigenvalue weighted by Crippen LogP contribution is 2.35. The van der Waals surface area contributed by atoms with Crippen molar-refractivity contribution in [1.82, 2.24) is 5.32 Å². The van der Waals surface area contributed by atoms with Gasteiger partial charge in [0.1, 0.15) is 0 Å². The van der Waals surface area contributed by atoms with Crippen LogP contribution in [0.25, 0.3) is 0 Å². The summed E-state index contributed by atoms with van der Waals surface area (Å²) in [5.74, 6) is 0. The Morgan fingerprint density at radius 1 is 1.39 bits per heavy atom. The van der Waals surface area contributed by atoms with E-state index in [4.69, 9.17) is 11.6 Å². The SMILES string of the molecule is CC1CN(c2ccc(C(F)(F)F)cc2Cl)CCN1. The zero-order chi connectivity index (χ0) is 13.3. The standard InChI is InChI=1S/C12H14ClF3N2/c1-8-7-18(5-4-17-8)11-3-2-9(6-10(11)13)12(14,15)16/h2-3,6,8,17H,4-5,7H2,1H3. The van der Waals surface area contributed by atoms with Crippen molar-refractivity contribution in [2.75, 3.05) is 24.5 Å². The molecule has 1 unspecified atom stereocenters. The van der Waals surface area contributed by atoms with Gasteiger partial charge in [0.15, 0.2) is 0 Å². The number of benzene rings is 1. The maximum Gasteiger partial charge on any atom is 0.416 e. The fourth-order valence-corrected chi connectivity index (χ4v) is 2.39. The number of nitrogens with zero attached hydrogens (tertiary/aromatic N) is 1. The first-order chi connectivity index (χ1) is 8.38. The Labute approximate surface area is 109 Å². The van der Waals surface area contributed by atoms with E-state index < -0.39 is 11.7 Å². The summed E-state index contributed by atoms with van der Waals surface area (Å²) in [5.41, 5.74) is -0.0440. The van der Waals surface area contributed by atoms with E-state index in [-0.39, 0.29) is 5.02 Å². The Morgan fingerprint density at radius 2 is 2.11 bits per heavy atom. The Balaban J connectivity index is 2.24. The molecule has 2 rings (SSSR count). The van der Waals surface area contributed by atoms with Crippen molar-refractivity contribution >= 4 is 17.3 Å². The summed E-state index contributed by atoms with van der Waals surface area (Å²) in [6, 6.07) is 3.82. The molecule has 2 nitrogen and oxygen atoms in total. The Kier molecular flexibility index (Phi) is 3.73. The van der Waals surface area contributed by atoms with Crippen LogP contribution < -0.4 is 10.2 Å². The molecule has 18 heavy (non-hydrogen) atoms. The van der Waals surface area contributed by atoms with Gasteiger partial charge in [0.25, 0.3) is 0 Å². The van der Waals surface area contributed by atoms with Crippen LogP contribution >= 0.6 is 11.6 Å². The second kappa shape index (κ2) is 4.97. The molecule has 0 amide bonds. The minimum absolute atomic E-state index is 0.152. The third kappa shape index (κ3) is 2.90. The molecule has 1 aromatic rings. The molecule has 0 saturated carbocycles. The topological polar surface area (TPSA) is 15.3 Å². The molecule has 1 aliphatic rings. The van der Waals surface area contributed by atoms with Crippen LogP contribution in [-0.4, -0.2) is 25.7 Å². The summed E-state index contributed by atoms with van der Waals surface area (Å²) >= 11 is 5.95. The van der Waals surface area contributed by atoms with E-state index in [1.54, 1.807) is 0 Å². The summed E-state index contributed by atoms with van der Waals surface area (Å²) in [5, 5.41) is 3.42. The summed E-state index contributed by atoms with van der Waals surface area (Å²) in [6.45, 7) is 4.32. The summed E-state index contributed by atoms with van der Waals surface area (Å²) in [7, 11) is 0. The number of anilines is 1. The fraction of sp³-hybridized carbons (Fsp3) is 0.500. The predicted octanol–water partition coefficient (Wildman–Crippen LogP) is 3.16. The predicted molar refractivity (Wildman–Crippen MR) is 66.1 cm³/mol. The van der Waals surface area contributed by atoms with Gasteiger partial charge in [0.05, 0.1) is 16.3 Å². The molecule has 1 fully saturated rings. The van der Waals surface area contributed by atoms with Gasteiger partial charge in [-0.1, -0.05) is 11.6 Å². The first-order valence-corrected chi connectivity index (χ1v) is 6.11. The quantitative estimate of drug-likeness (QED) is 0.849. The van der Waals surface area contributed by atoms with Gasteiger partial charge < -0.3 is 10.2 Å². The van der Waals surface area contributed by atoms with Crippen molar-refractivity contribution in [3.05, 3.63) is 28.8 Å². The lowest BCUT2D eigenvalue weighted by molar-refractivity contribution is -0.137. The van der Waals surface area contributed by atoms with Gasteiger partial charge in [-0.3, -0.25) is 0 Å². The molecule has 6 heteroatoms. The Hall–Kier alpha value is -0.940. The third-order valence-corrected chi connectivity index (χ3v) is 3.29. The molecule has 0 bridgehead atoms. The van der Waals surface area contributed by atoms with Crippen molar-refractivity contribution in [2.45, 2.75) is 19.1 Å². The third-order valence-electron chi connectivity index (χ3n) is 2.98. The summed E-state index contributed by atoms with van der Waals surface area (Å²) in [4.78, 5) is 2.00. The van der Waals surface area contributed by atoms with Crippen LogP contribution in [0.5, 0.6) is 0 Å². The molecule has 1 saturated heterocycles. The first kappa shape index (κ1) is 13.5. The van der Waals surface area contributed by atoms with Gasteiger partial charge in [-0.15, -0.1) is 0 Å². The van der Waals surface area contributed by atoms with E-state index in [9.17, 15) is 13.2 Å². The van der Waals surface area contributed by atoms with Crippen LogP contribution in [0.3, 0.4) is 0 Å². The average Bonchev–Trinajstić information content (AvgIpc) is 2.27. The molecular weight excluding hydrogens is 265 g/mol. The molecule has 1 aliphatic heterocycles. The molecule has 0 aromatic heterocycles. The van der Waals surface area contributed by atoms with Crippen molar-refractivity contribution in [3.8, 4) is 0 Å². The number of halogens is 4. The van der Waals surface area contributed by atoms with Gasteiger partial charge in [-0.2, -0.15) is 13.2 Å². The Bertz CT molecular complexity index is 434. The maximum atomic E-state index is 12.5. The minimum Gasteiger partial charge on any atom is -0.368 e. The van der Waals surface area contributed by atoms with E-state index in [1.807, 2.05) is 11.8 Å².